The molecule has 1 aromatic carbocycles. The summed E-state index contributed by atoms with van der Waals surface area (Å²) in [6, 6.07) is 12.8. The van der Waals surface area contributed by atoms with E-state index in [2.05, 4.69) is 24.1 Å². The zero-order chi connectivity index (χ0) is 25.2. The van der Waals surface area contributed by atoms with Crippen LogP contribution >= 0.6 is 11.3 Å². The molecule has 0 radical (unpaired) electrons. The summed E-state index contributed by atoms with van der Waals surface area (Å²) < 4.78 is 21.4. The van der Waals surface area contributed by atoms with E-state index < -0.39 is 5.97 Å². The highest BCUT2D eigenvalue weighted by Gasteiger charge is 2.22. The zero-order valence-electron chi connectivity index (χ0n) is 20.6. The molecule has 1 aliphatic rings. The third kappa shape index (κ3) is 5.04. The van der Waals surface area contributed by atoms with Gasteiger partial charge in [-0.15, -0.1) is 16.4 Å². The quantitative estimate of drug-likeness (QED) is 0.259. The van der Waals surface area contributed by atoms with Crippen LogP contribution in [0.3, 0.4) is 0 Å². The van der Waals surface area contributed by atoms with Crippen molar-refractivity contribution in [3.8, 4) is 16.1 Å². The molecule has 0 atom stereocenters. The molecule has 0 saturated heterocycles. The predicted octanol–water partition coefficient (Wildman–Crippen LogP) is 7.13. The number of thiophene rings is 1. The Morgan fingerprint density at radius 2 is 2.08 bits per heavy atom. The maximum absolute atomic E-state index is 14.6. The van der Waals surface area contributed by atoms with E-state index in [0.717, 1.165) is 41.0 Å². The molecule has 1 fully saturated rings. The lowest BCUT2D eigenvalue weighted by atomic mass is 9.80. The number of pyridine rings is 1. The Morgan fingerprint density at radius 1 is 1.25 bits per heavy atom. The Morgan fingerprint density at radius 3 is 2.75 bits per heavy atom. The van der Waals surface area contributed by atoms with Gasteiger partial charge in [0.25, 0.3) is 0 Å². The summed E-state index contributed by atoms with van der Waals surface area (Å²) in [6.07, 6.45) is 5.86. The number of hydrogen-bond acceptors (Lipinski definition) is 6. The summed E-state index contributed by atoms with van der Waals surface area (Å²) in [6.45, 7) is 4.27. The average Bonchev–Trinajstić information content (AvgIpc) is 3.47. The molecule has 0 bridgehead atoms. The highest BCUT2D eigenvalue weighted by molar-refractivity contribution is 7.13. The van der Waals surface area contributed by atoms with Crippen LogP contribution in [0.25, 0.3) is 16.1 Å². The number of aromatic nitrogens is 3. The van der Waals surface area contributed by atoms with Crippen LogP contribution in [0.5, 0.6) is 0 Å². The van der Waals surface area contributed by atoms with Crippen molar-refractivity contribution >= 4 is 28.9 Å². The van der Waals surface area contributed by atoms with Gasteiger partial charge >= 0.3 is 5.97 Å². The van der Waals surface area contributed by atoms with Crippen LogP contribution in [0.4, 0.5) is 16.0 Å². The third-order valence-electron chi connectivity index (χ3n) is 6.47. The fraction of sp³-hybridized carbons (Fsp3) is 0.321. The Hall–Kier alpha value is -3.52. The van der Waals surface area contributed by atoms with Gasteiger partial charge in [-0.1, -0.05) is 26.3 Å². The maximum atomic E-state index is 14.6. The molecule has 1 aliphatic carbocycles. The molecule has 3 heterocycles. The minimum atomic E-state index is -0.486. The van der Waals surface area contributed by atoms with Crippen molar-refractivity contribution in [1.29, 1.82) is 0 Å². The smallest absolute Gasteiger partial charge is 0.341 e. The molecule has 8 heteroatoms. The molecule has 0 unspecified atom stereocenters. The van der Waals surface area contributed by atoms with Crippen LogP contribution in [0.15, 0.2) is 54.0 Å². The number of carbonyl (C=O) groups excluding carboxylic acids is 1. The molecule has 1 saturated carbocycles. The summed E-state index contributed by atoms with van der Waals surface area (Å²) in [4.78, 5) is 18.1. The van der Waals surface area contributed by atoms with Crippen molar-refractivity contribution in [2.45, 2.75) is 45.4 Å². The van der Waals surface area contributed by atoms with Gasteiger partial charge in [-0.3, -0.25) is 0 Å². The van der Waals surface area contributed by atoms with Crippen LogP contribution in [-0.4, -0.2) is 27.8 Å². The summed E-state index contributed by atoms with van der Waals surface area (Å²) in [7, 11) is 1.35. The number of benzene rings is 1. The maximum Gasteiger partial charge on any atom is 0.341 e. The van der Waals surface area contributed by atoms with Crippen LogP contribution in [0.1, 0.15) is 60.6 Å². The van der Waals surface area contributed by atoms with Crippen molar-refractivity contribution in [3.63, 3.8) is 0 Å². The first kappa shape index (κ1) is 24.2. The molecule has 5 rings (SSSR count). The van der Waals surface area contributed by atoms with E-state index in [1.165, 1.54) is 19.6 Å². The lowest BCUT2D eigenvalue weighted by molar-refractivity contribution is 0.0601. The molecule has 0 spiro atoms. The second kappa shape index (κ2) is 10.2. The van der Waals surface area contributed by atoms with Gasteiger partial charge in [-0.25, -0.2) is 18.9 Å². The second-order valence-corrected chi connectivity index (χ2v) is 10.6. The van der Waals surface area contributed by atoms with Crippen LogP contribution in [-0.2, 0) is 11.2 Å². The highest BCUT2D eigenvalue weighted by Crippen LogP contribution is 2.37. The van der Waals surface area contributed by atoms with Gasteiger partial charge in [0.1, 0.15) is 17.2 Å². The second-order valence-electron chi connectivity index (χ2n) is 9.62. The molecule has 186 valence electrons. The van der Waals surface area contributed by atoms with Gasteiger partial charge in [0.2, 0.25) is 0 Å². The van der Waals surface area contributed by atoms with Crippen molar-refractivity contribution in [2.75, 3.05) is 12.4 Å². The molecular formula is C28H29FN4O2S. The first-order valence-corrected chi connectivity index (χ1v) is 13.1. The lowest BCUT2D eigenvalue weighted by Crippen LogP contribution is -2.11. The predicted molar refractivity (Wildman–Crippen MR) is 141 cm³/mol. The molecule has 1 N–H and O–H groups in total. The van der Waals surface area contributed by atoms with Gasteiger partial charge in [0.15, 0.2) is 5.82 Å². The van der Waals surface area contributed by atoms with E-state index in [0.29, 0.717) is 34.7 Å². The van der Waals surface area contributed by atoms with Crippen molar-refractivity contribution < 1.29 is 13.9 Å². The van der Waals surface area contributed by atoms with E-state index in [4.69, 9.17) is 9.84 Å². The van der Waals surface area contributed by atoms with E-state index in [-0.39, 0.29) is 5.82 Å². The molecular weight excluding hydrogens is 475 g/mol. The minimum Gasteiger partial charge on any atom is -0.465 e. The zero-order valence-corrected chi connectivity index (χ0v) is 21.4. The highest BCUT2D eigenvalue weighted by atomic mass is 32.1. The summed E-state index contributed by atoms with van der Waals surface area (Å²) in [5, 5.41) is 9.94. The summed E-state index contributed by atoms with van der Waals surface area (Å²) >= 11 is 1.57. The molecule has 4 aromatic rings. The number of rotatable bonds is 8. The topological polar surface area (TPSA) is 69.0 Å². The number of anilines is 2. The number of carbonyl (C=O) groups is 1. The molecule has 3 aromatic heterocycles. The lowest BCUT2D eigenvalue weighted by Gasteiger charge is -2.26. The monoisotopic (exact) mass is 504 g/mol. The van der Waals surface area contributed by atoms with Crippen LogP contribution in [0.2, 0.25) is 0 Å². The number of hydrogen-bond donors (Lipinski definition) is 1. The fourth-order valence-electron chi connectivity index (χ4n) is 4.49. The van der Waals surface area contributed by atoms with Gasteiger partial charge in [-0.05, 0) is 72.4 Å². The summed E-state index contributed by atoms with van der Waals surface area (Å²) in [5.41, 5.74) is 3.84. The average molecular weight is 505 g/mol. The van der Waals surface area contributed by atoms with Crippen molar-refractivity contribution in [2.24, 2.45) is 5.92 Å². The Kier molecular flexibility index (Phi) is 6.87. The van der Waals surface area contributed by atoms with Crippen LogP contribution in [0, 0.1) is 11.7 Å². The van der Waals surface area contributed by atoms with E-state index in [9.17, 15) is 9.18 Å². The van der Waals surface area contributed by atoms with Gasteiger partial charge < -0.3 is 10.1 Å². The first-order chi connectivity index (χ1) is 17.4. The Labute approximate surface area is 214 Å². The third-order valence-corrected chi connectivity index (χ3v) is 7.39. The van der Waals surface area contributed by atoms with Crippen molar-refractivity contribution in [1.82, 2.24) is 14.8 Å². The van der Waals surface area contributed by atoms with Gasteiger partial charge in [0, 0.05) is 28.4 Å². The molecule has 0 aliphatic heterocycles. The number of esters is 1. The normalized spacial score (nSPS) is 13.6. The first-order valence-electron chi connectivity index (χ1n) is 12.2. The molecule has 0 amide bonds. The minimum absolute atomic E-state index is 0.256. The van der Waals surface area contributed by atoms with E-state index in [1.807, 2.05) is 29.6 Å². The standard InChI is InChI=1S/C28H29FN4O2S/c1-17(2)10-22-15-26(32-33(22)23-12-19(11-21(29)14-23)18-6-4-7-18)31-27-24(28(34)35-3)13-20(16-30-27)25-8-5-9-36-25/h5,8-9,11-18H,4,6-7,10H2,1-3H3,(H,30,31,32). The number of halogens is 1. The summed E-state index contributed by atoms with van der Waals surface area (Å²) in [5.74, 6) is 0.935. The largest absolute Gasteiger partial charge is 0.465 e. The number of methoxy groups -OCH3 is 1. The SMILES string of the molecule is COC(=O)c1cc(-c2cccs2)cnc1Nc1cc(CC(C)C)n(-c2cc(F)cc(C3CCC3)c2)n1. The van der Waals surface area contributed by atoms with Crippen LogP contribution < -0.4 is 5.32 Å². The number of nitrogens with one attached hydrogen (secondary N) is 1. The number of nitrogens with zero attached hydrogens (tertiary/aromatic N) is 3. The molecule has 6 nitrogen and oxygen atoms in total. The van der Waals surface area contributed by atoms with Gasteiger partial charge in [-0.2, -0.15) is 0 Å². The Bertz CT molecular complexity index is 1380. The van der Waals surface area contributed by atoms with Gasteiger partial charge in [0.05, 0.1) is 12.8 Å². The van der Waals surface area contributed by atoms with E-state index in [1.54, 1.807) is 34.3 Å². The molecule has 36 heavy (non-hydrogen) atoms. The fourth-order valence-corrected chi connectivity index (χ4v) is 5.20. The van der Waals surface area contributed by atoms with E-state index >= 15 is 0 Å². The van der Waals surface area contributed by atoms with Crippen molar-refractivity contribution in [3.05, 3.63) is 76.7 Å². The number of ether oxygens (including phenoxy) is 1. The Balaban J connectivity index is 1.52.